The van der Waals surface area contributed by atoms with E-state index in [1.54, 1.807) is 7.11 Å². The van der Waals surface area contributed by atoms with Crippen molar-refractivity contribution in [3.8, 4) is 46.0 Å². The molecule has 0 saturated carbocycles. The quantitative estimate of drug-likeness (QED) is 0.0153. The molecule has 0 aliphatic carbocycles. The highest BCUT2D eigenvalue weighted by atomic mass is 35.5. The molecule has 0 aliphatic heterocycles. The van der Waals surface area contributed by atoms with Crippen molar-refractivity contribution >= 4 is 23.2 Å². The average molecular weight is 1790 g/mol. The summed E-state index contributed by atoms with van der Waals surface area (Å²) in [5.74, 6) is 7.87. The predicted octanol–water partition coefficient (Wildman–Crippen LogP) is 19.6. The van der Waals surface area contributed by atoms with Crippen LogP contribution in [0, 0.1) is 11.8 Å². The van der Waals surface area contributed by atoms with Gasteiger partial charge in [0, 0.05) is 65.6 Å². The summed E-state index contributed by atoms with van der Waals surface area (Å²) in [6, 6.07) is 64.3. The van der Waals surface area contributed by atoms with Crippen molar-refractivity contribution in [1.29, 1.82) is 0 Å². The van der Waals surface area contributed by atoms with Crippen LogP contribution in [0.2, 0.25) is 0 Å². The molecule has 126 heavy (non-hydrogen) atoms. The Kier molecular flexibility index (Phi) is 50.1. The molecular formula is C104H150Cl2O20. The Bertz CT molecular complexity index is 3970. The van der Waals surface area contributed by atoms with E-state index in [2.05, 4.69) is 156 Å². The van der Waals surface area contributed by atoms with E-state index < -0.39 is 36.6 Å². The molecule has 8 aromatic rings. The monoisotopic (exact) mass is 1790 g/mol. The van der Waals surface area contributed by atoms with Crippen LogP contribution < -0.4 is 37.9 Å². The van der Waals surface area contributed by atoms with Crippen LogP contribution in [0.25, 0.3) is 0 Å². The Balaban J connectivity index is 0.000000299. The average Bonchev–Trinajstić information content (AvgIpc) is 0.818. The second-order valence-corrected chi connectivity index (χ2v) is 35.7. The van der Waals surface area contributed by atoms with E-state index in [9.17, 15) is 30.6 Å². The number of benzene rings is 8. The van der Waals surface area contributed by atoms with Crippen LogP contribution in [0.5, 0.6) is 46.0 Å². The number of unbranched alkanes of at least 4 members (excludes halogenated alkanes) is 2. The standard InChI is InChI=1S/C29H44O6.C27H40O6.C25H35ClO4.C23H31ClO4/c1-5-7-17-32-19-25(30)21-34-27-13-9-23(10-14-27)29(3,4)24-11-15-28(16-12-24)35-22-26(31)20-33-18-8-6-2;1-19(2)30-15-23(28)17-32-25-11-7-21(8-12-25)27(5,6)22-9-13-26(14-10-22)33-18-24(29)16-31-20(3)4;1-18(2)28-16-22(27)17-30-24-12-8-21(9-13-24)25(4,5)20-6-10-23(11-7-20)29-15-19(3)14-26;1-17(13-24)14-27-21-9-5-18(6-10-21)23(2,3)19-7-11-22(12-8-19)28-16-20(25)15-26-4/h9-16,25-26,30-31H,5-8,17-22H2,1-4H3;7-14,19-20,23-24,28-29H,15-18H2,1-6H3;6-13,18-19,22,27H,14-17H2,1-5H3;5-12,17,20,25H,13-16H2,1-4H3. The molecule has 0 aliphatic rings. The fourth-order valence-electron chi connectivity index (χ4n) is 12.5. The maximum atomic E-state index is 10.0. The smallest absolute Gasteiger partial charge is 0.119 e. The highest BCUT2D eigenvalue weighted by molar-refractivity contribution is 6.18. The summed E-state index contributed by atoms with van der Waals surface area (Å²) in [6.07, 6.45) is 0.533. The maximum absolute atomic E-state index is 10.0. The summed E-state index contributed by atoms with van der Waals surface area (Å²) < 4.78 is 77.7. The minimum Gasteiger partial charge on any atom is -0.493 e. The van der Waals surface area contributed by atoms with Gasteiger partial charge in [-0.25, -0.2) is 0 Å². The van der Waals surface area contributed by atoms with Gasteiger partial charge in [0.2, 0.25) is 0 Å². The first-order valence-electron chi connectivity index (χ1n) is 44.6. The van der Waals surface area contributed by atoms with Gasteiger partial charge in [-0.15, -0.1) is 23.2 Å². The Morgan fingerprint density at radius 2 is 0.413 bits per heavy atom. The molecular weight excluding hydrogens is 1640 g/mol. The molecule has 0 spiro atoms. The summed E-state index contributed by atoms with van der Waals surface area (Å²) in [7, 11) is 1.55. The number of rotatable bonds is 55. The van der Waals surface area contributed by atoms with E-state index in [4.69, 9.17) is 89.5 Å². The van der Waals surface area contributed by atoms with Crippen molar-refractivity contribution in [2.24, 2.45) is 11.8 Å². The lowest BCUT2D eigenvalue weighted by Gasteiger charge is -2.26. The van der Waals surface area contributed by atoms with Crippen molar-refractivity contribution in [2.75, 3.05) is 125 Å². The number of halogens is 2. The molecule has 700 valence electrons. The van der Waals surface area contributed by atoms with E-state index in [1.165, 1.54) is 22.3 Å². The van der Waals surface area contributed by atoms with Crippen molar-refractivity contribution < 1.29 is 97.0 Å². The van der Waals surface area contributed by atoms with Crippen molar-refractivity contribution in [3.63, 3.8) is 0 Å². The number of hydrogen-bond donors (Lipinski definition) is 6. The van der Waals surface area contributed by atoms with E-state index in [0.717, 1.165) is 82.4 Å². The van der Waals surface area contributed by atoms with Crippen LogP contribution in [-0.4, -0.2) is 210 Å². The topological polar surface area (TPSA) is 251 Å². The molecule has 0 bridgehead atoms. The predicted molar refractivity (Wildman–Crippen MR) is 506 cm³/mol. The van der Waals surface area contributed by atoms with Gasteiger partial charge < -0.3 is 97.0 Å². The molecule has 0 radical (unpaired) electrons. The molecule has 0 heterocycles. The second kappa shape index (κ2) is 58.0. The van der Waals surface area contributed by atoms with Crippen LogP contribution in [0.1, 0.15) is 195 Å². The SMILES string of the molecule is CC(C)OCC(O)COc1ccc(C(C)(C)c2ccc(OCC(O)COC(C)C)cc2)cc1.CC(CCl)COc1ccc(C(C)(C)c2ccc(OCC(O)COC(C)C)cc2)cc1.CCCCOCC(O)COc1ccc(C(C)(C)c2ccc(OCC(O)COCCCC)cc2)cc1.COCC(O)COc1ccc(C(C)(C)c2ccc(OCC(C)CCl)cc2)cc1. The highest BCUT2D eigenvalue weighted by Crippen LogP contribution is 2.38. The van der Waals surface area contributed by atoms with Gasteiger partial charge in [-0.3, -0.25) is 0 Å². The van der Waals surface area contributed by atoms with Crippen molar-refractivity contribution in [2.45, 2.75) is 227 Å². The fourth-order valence-corrected chi connectivity index (χ4v) is 12.6. The van der Waals surface area contributed by atoms with Crippen LogP contribution in [0.15, 0.2) is 194 Å². The van der Waals surface area contributed by atoms with Gasteiger partial charge in [0.1, 0.15) is 122 Å². The van der Waals surface area contributed by atoms with Gasteiger partial charge in [-0.05, 0) is 196 Å². The van der Waals surface area contributed by atoms with E-state index in [1.807, 2.05) is 163 Å². The summed E-state index contributed by atoms with van der Waals surface area (Å²) in [5, 5.41) is 59.5. The fraction of sp³-hybridized carbons (Fsp3) is 0.538. The zero-order valence-electron chi connectivity index (χ0n) is 78.5. The second-order valence-electron chi connectivity index (χ2n) is 35.1. The van der Waals surface area contributed by atoms with Gasteiger partial charge >= 0.3 is 0 Å². The van der Waals surface area contributed by atoms with E-state index in [0.29, 0.717) is 61.5 Å². The van der Waals surface area contributed by atoms with Crippen molar-refractivity contribution in [1.82, 2.24) is 0 Å². The summed E-state index contributed by atoms with van der Waals surface area (Å²) in [5.41, 5.74) is 8.63. The lowest BCUT2D eigenvalue weighted by atomic mass is 9.78. The molecule has 22 heteroatoms. The van der Waals surface area contributed by atoms with Crippen LogP contribution >= 0.6 is 23.2 Å². The Morgan fingerprint density at radius 1 is 0.246 bits per heavy atom. The third-order valence-corrected chi connectivity index (χ3v) is 22.0. The van der Waals surface area contributed by atoms with Gasteiger partial charge in [0.05, 0.1) is 71.2 Å². The normalized spacial score (nSPS) is 13.7. The third kappa shape index (κ3) is 40.9. The molecule has 8 unspecified atom stereocenters. The van der Waals surface area contributed by atoms with Gasteiger partial charge in [0.15, 0.2) is 0 Å². The zero-order chi connectivity index (χ0) is 92.7. The molecule has 0 saturated heterocycles. The summed E-state index contributed by atoms with van der Waals surface area (Å²) in [4.78, 5) is 0. The first-order chi connectivity index (χ1) is 60.0. The number of ether oxygens (including phenoxy) is 14. The number of aliphatic hydroxyl groups is 6. The minimum atomic E-state index is -0.659. The Labute approximate surface area is 763 Å². The number of alkyl halides is 2. The maximum Gasteiger partial charge on any atom is 0.119 e. The van der Waals surface area contributed by atoms with E-state index in [-0.39, 0.29) is 119 Å². The first kappa shape index (κ1) is 109. The van der Waals surface area contributed by atoms with Gasteiger partial charge in [0.25, 0.3) is 0 Å². The Hall–Kier alpha value is -7.74. The van der Waals surface area contributed by atoms with Crippen molar-refractivity contribution in [3.05, 3.63) is 239 Å². The molecule has 20 nitrogen and oxygen atoms in total. The highest BCUT2D eigenvalue weighted by Gasteiger charge is 2.28. The number of aliphatic hydroxyl groups excluding tert-OH is 6. The number of hydrogen-bond acceptors (Lipinski definition) is 20. The minimum absolute atomic E-state index is 0.0812. The van der Waals surface area contributed by atoms with Crippen LogP contribution in [0.3, 0.4) is 0 Å². The zero-order valence-corrected chi connectivity index (χ0v) is 80.0. The lowest BCUT2D eigenvalue weighted by molar-refractivity contribution is -0.0123. The van der Waals surface area contributed by atoms with E-state index >= 15 is 0 Å². The molecule has 8 atom stereocenters. The van der Waals surface area contributed by atoms with Crippen LogP contribution in [0.4, 0.5) is 0 Å². The molecule has 0 aromatic heterocycles. The molecule has 8 rings (SSSR count). The molecule has 6 N–H and O–H groups in total. The lowest BCUT2D eigenvalue weighted by Crippen LogP contribution is -2.25. The van der Waals surface area contributed by atoms with Gasteiger partial charge in [-0.2, -0.15) is 0 Å². The third-order valence-electron chi connectivity index (χ3n) is 21.0. The first-order valence-corrected chi connectivity index (χ1v) is 45.7. The molecule has 0 fully saturated rings. The molecule has 0 amide bonds. The van der Waals surface area contributed by atoms with Gasteiger partial charge in [-0.1, -0.05) is 193 Å². The summed E-state index contributed by atoms with van der Waals surface area (Å²) in [6.45, 7) is 42.8. The number of methoxy groups -OCH3 is 1. The Morgan fingerprint density at radius 3 is 0.571 bits per heavy atom. The summed E-state index contributed by atoms with van der Waals surface area (Å²) >= 11 is 11.7. The van der Waals surface area contributed by atoms with Crippen LogP contribution in [-0.2, 0) is 50.1 Å². The molecule has 8 aromatic carbocycles. The largest absolute Gasteiger partial charge is 0.493 e.